The molecule has 0 unspecified atom stereocenters. The van der Waals surface area contributed by atoms with Crippen molar-refractivity contribution in [3.63, 3.8) is 0 Å². The van der Waals surface area contributed by atoms with E-state index in [1.807, 2.05) is 0 Å². The maximum absolute atomic E-state index is 0. The molecule has 0 aliphatic carbocycles. The summed E-state index contributed by atoms with van der Waals surface area (Å²) in [4.78, 5) is 0. The van der Waals surface area contributed by atoms with Crippen molar-refractivity contribution >= 4 is 0 Å². The van der Waals surface area contributed by atoms with E-state index < -0.39 is 0 Å². The Bertz CT molecular complexity index is 8.00. The molecule has 2 radical (unpaired) electrons. The Morgan fingerprint density at radius 1 is 1.00 bits per heavy atom. The Morgan fingerprint density at radius 2 is 1.00 bits per heavy atom. The van der Waals surface area contributed by atoms with Crippen LogP contribution in [0.1, 0.15) is 0 Å². The van der Waals surface area contributed by atoms with Crippen molar-refractivity contribution < 1.29 is 63.0 Å². The van der Waals surface area contributed by atoms with Gasteiger partial charge in [0.25, 0.3) is 0 Å². The van der Waals surface area contributed by atoms with Crippen LogP contribution < -0.4 is 0 Å². The molecule has 0 aliphatic heterocycles. The summed E-state index contributed by atoms with van der Waals surface area (Å²) in [6.45, 7) is 0. The molecule has 0 spiro atoms. The van der Waals surface area contributed by atoms with Crippen LogP contribution in [-0.4, -0.2) is 0 Å². The minimum absolute atomic E-state index is 0. The zero-order chi connectivity index (χ0) is 0. The molecule has 0 fully saturated rings. The topological polar surface area (TPSA) is 0 Å². The molecule has 0 aromatic carbocycles. The van der Waals surface area contributed by atoms with Gasteiger partial charge in [-0.25, -0.2) is 0 Å². The van der Waals surface area contributed by atoms with E-state index in [1.165, 1.54) is 0 Å². The number of hydrogen-bond donors (Lipinski definition) is 0. The zero-order valence-corrected chi connectivity index (χ0v) is 7.67. The minimum Gasteiger partial charge on any atom is 0 e. The molecule has 0 saturated carbocycles. The summed E-state index contributed by atoms with van der Waals surface area (Å²) < 4.78 is 0. The van der Waals surface area contributed by atoms with Crippen LogP contribution in [0.4, 0.5) is 4.70 Å². The van der Waals surface area contributed by atoms with Crippen LogP contribution in [0.3, 0.4) is 0 Å². The fourth-order valence-electron chi connectivity index (χ4n) is 0. The predicted molar refractivity (Wildman–Crippen MR) is 1.11 cm³/mol. The Morgan fingerprint density at radius 3 is 1.00 bits per heavy atom. The van der Waals surface area contributed by atoms with Crippen LogP contribution in [0.2, 0.25) is 0 Å². The van der Waals surface area contributed by atoms with Crippen LogP contribution in [-0.2, 0) is 58.3 Å². The van der Waals surface area contributed by atoms with E-state index in [4.69, 9.17) is 0 Å². The summed E-state index contributed by atoms with van der Waals surface area (Å²) >= 11 is 0. The molecular formula is FMnTiZn. The first-order valence-corrected chi connectivity index (χ1v) is 0. The van der Waals surface area contributed by atoms with E-state index in [1.54, 1.807) is 0 Å². The van der Waals surface area contributed by atoms with E-state index in [0.29, 0.717) is 0 Å². The van der Waals surface area contributed by atoms with Gasteiger partial charge >= 0.3 is 0 Å². The van der Waals surface area contributed by atoms with Crippen molar-refractivity contribution in [1.82, 2.24) is 0 Å². The smallest absolute Gasteiger partial charge is 0 e. The standard InChI is InChI=1S/F.Mn.Ti.Zn. The van der Waals surface area contributed by atoms with E-state index in [9.17, 15) is 0 Å². The second kappa shape index (κ2) is 21.5. The number of halogens is 1. The third kappa shape index (κ3) is 9.21. The van der Waals surface area contributed by atoms with Gasteiger partial charge in [0, 0.05) is 63.0 Å². The van der Waals surface area contributed by atoms with Gasteiger partial charge in [0.2, 0.25) is 0 Å². The Balaban J connectivity index is 0. The van der Waals surface area contributed by atoms with Gasteiger partial charge in [0.1, 0.15) is 0 Å². The Hall–Kier alpha value is 1.79. The van der Waals surface area contributed by atoms with Crippen molar-refractivity contribution in [2.75, 3.05) is 0 Å². The van der Waals surface area contributed by atoms with Crippen LogP contribution >= 0.6 is 0 Å². The van der Waals surface area contributed by atoms with Gasteiger partial charge in [0.05, 0.1) is 0 Å². The first-order chi connectivity index (χ1) is 0. The van der Waals surface area contributed by atoms with Crippen LogP contribution in [0.25, 0.3) is 0 Å². The third-order valence-electron chi connectivity index (χ3n) is 0. The SMILES string of the molecule is [F].[Mn].[Ti].[Zn]. The fourth-order valence-corrected chi connectivity index (χ4v) is 0. The normalized spacial score (nSPS) is 0. The molecule has 0 nitrogen and oxygen atoms in total. The average molecular weight is 187 g/mol. The van der Waals surface area contributed by atoms with Crippen LogP contribution in [0.15, 0.2) is 0 Å². The van der Waals surface area contributed by atoms with Crippen molar-refractivity contribution in [3.8, 4) is 0 Å². The molecule has 0 aliphatic rings. The second-order valence-electron chi connectivity index (χ2n) is 0. The maximum Gasteiger partial charge on any atom is 0 e. The minimum atomic E-state index is 0. The molecule has 4 heavy (non-hydrogen) atoms. The molecular weight excluding hydrogens is 187 g/mol. The van der Waals surface area contributed by atoms with Crippen LogP contribution in [0.5, 0.6) is 0 Å². The molecule has 0 rings (SSSR count). The van der Waals surface area contributed by atoms with E-state index in [-0.39, 0.29) is 63.0 Å². The molecule has 0 heterocycles. The zero-order valence-electron chi connectivity index (χ0n) is 1.96. The molecule has 0 aromatic heterocycles. The van der Waals surface area contributed by atoms with Gasteiger partial charge in [-0.2, -0.15) is 0 Å². The van der Waals surface area contributed by atoms with E-state index in [0.717, 1.165) is 0 Å². The monoisotopic (exact) mass is 186 g/mol. The third-order valence-corrected chi connectivity index (χ3v) is 0. The molecule has 0 bridgehead atoms. The molecule has 0 amide bonds. The summed E-state index contributed by atoms with van der Waals surface area (Å²) in [7, 11) is 0. The summed E-state index contributed by atoms with van der Waals surface area (Å²) in [5.41, 5.74) is 0. The van der Waals surface area contributed by atoms with Gasteiger partial charge in [-0.1, -0.05) is 0 Å². The summed E-state index contributed by atoms with van der Waals surface area (Å²) in [5.74, 6) is 0. The molecule has 0 N–H and O–H groups in total. The summed E-state index contributed by atoms with van der Waals surface area (Å²) in [5, 5.41) is 0. The van der Waals surface area contributed by atoms with Crippen LogP contribution in [0, 0.1) is 0 Å². The van der Waals surface area contributed by atoms with E-state index >= 15 is 0 Å². The van der Waals surface area contributed by atoms with Gasteiger partial charge in [-0.05, 0) is 0 Å². The maximum atomic E-state index is 0. The average Bonchev–Trinajstić information content (AvgIpc) is 0. The van der Waals surface area contributed by atoms with Gasteiger partial charge < -0.3 is 0 Å². The van der Waals surface area contributed by atoms with Gasteiger partial charge in [-0.15, -0.1) is 0 Å². The number of hydrogen-bond acceptors (Lipinski definition) is 0. The molecule has 20 valence electrons. The van der Waals surface area contributed by atoms with Crippen molar-refractivity contribution in [1.29, 1.82) is 0 Å². The van der Waals surface area contributed by atoms with Gasteiger partial charge in [-0.3, -0.25) is 0 Å². The van der Waals surface area contributed by atoms with Crippen molar-refractivity contribution in [2.45, 2.75) is 0 Å². The summed E-state index contributed by atoms with van der Waals surface area (Å²) in [6, 6.07) is 0. The predicted octanol–water partition coefficient (Wildman–Crippen LogP) is 0.413. The second-order valence-corrected chi connectivity index (χ2v) is 0. The fraction of sp³-hybridized carbons (Fsp3) is 0. The van der Waals surface area contributed by atoms with Crippen molar-refractivity contribution in [2.24, 2.45) is 0 Å². The molecule has 0 atom stereocenters. The Labute approximate surface area is 62.6 Å². The molecule has 4 heteroatoms. The quantitative estimate of drug-likeness (QED) is 0.482. The number of rotatable bonds is 0. The molecule has 0 aromatic rings. The molecule has 0 saturated heterocycles. The van der Waals surface area contributed by atoms with E-state index in [2.05, 4.69) is 0 Å². The van der Waals surface area contributed by atoms with Gasteiger partial charge in [0.15, 0.2) is 0 Å². The summed E-state index contributed by atoms with van der Waals surface area (Å²) in [6.07, 6.45) is 0. The first-order valence-electron chi connectivity index (χ1n) is 0. The first kappa shape index (κ1) is 41.5. The van der Waals surface area contributed by atoms with Crippen molar-refractivity contribution in [3.05, 3.63) is 0 Å². The largest absolute Gasteiger partial charge is 0 e. The Kier molecular flexibility index (Phi) is 223.